The number of benzene rings is 4. The van der Waals surface area contributed by atoms with Crippen LogP contribution in [0.3, 0.4) is 0 Å². The average Bonchev–Trinajstić information content (AvgIpc) is 3.10. The van der Waals surface area contributed by atoms with E-state index < -0.39 is 0 Å². The van der Waals surface area contributed by atoms with E-state index in [0.29, 0.717) is 0 Å². The van der Waals surface area contributed by atoms with Crippen molar-refractivity contribution in [2.24, 2.45) is 5.73 Å². The highest BCUT2D eigenvalue weighted by molar-refractivity contribution is 5.86. The van der Waals surface area contributed by atoms with Gasteiger partial charge in [0.05, 0.1) is 22.1 Å². The van der Waals surface area contributed by atoms with Crippen LogP contribution >= 0.6 is 49.6 Å². The maximum atomic E-state index is 4.85. The Hall–Kier alpha value is -4.36. The predicted octanol–water partition coefficient (Wildman–Crippen LogP) is 10.6. The molecule has 0 bridgehead atoms. The number of aromatic nitrogens is 4. The first-order valence-electron chi connectivity index (χ1n) is 14.2. The van der Waals surface area contributed by atoms with E-state index in [1.54, 1.807) is 0 Å². The number of pyridine rings is 4. The fraction of sp³-hybridized carbons (Fsp3) is 0.0526. The van der Waals surface area contributed by atoms with Crippen LogP contribution in [0.2, 0.25) is 0 Å². The van der Waals surface area contributed by atoms with E-state index in [2.05, 4.69) is 68.5 Å². The summed E-state index contributed by atoms with van der Waals surface area (Å²) in [5, 5.41) is 4.80. The molecule has 0 atom stereocenters. The van der Waals surface area contributed by atoms with Gasteiger partial charge in [0.25, 0.3) is 0 Å². The molecular weight excluding hydrogens is 668 g/mol. The van der Waals surface area contributed by atoms with E-state index in [-0.39, 0.29) is 49.6 Å². The van der Waals surface area contributed by atoms with Gasteiger partial charge >= 0.3 is 0 Å². The molecule has 0 amide bonds. The Morgan fingerprint density at radius 1 is 0.340 bits per heavy atom. The van der Waals surface area contributed by atoms with Crippen molar-refractivity contribution < 1.29 is 0 Å². The number of nitrogens with two attached hydrogens (primary N) is 1. The van der Waals surface area contributed by atoms with Crippen molar-refractivity contribution in [1.82, 2.24) is 19.9 Å². The molecule has 0 spiro atoms. The Labute approximate surface area is 301 Å². The quantitative estimate of drug-likeness (QED) is 0.170. The van der Waals surface area contributed by atoms with Gasteiger partial charge in [-0.15, -0.1) is 49.6 Å². The Kier molecular flexibility index (Phi) is 22.5. The molecule has 4 aromatic carbocycles. The number of fused-ring (bicyclic) bond motifs is 4. The summed E-state index contributed by atoms with van der Waals surface area (Å²) in [6.07, 6.45) is 7.23. The lowest BCUT2D eigenvalue weighted by Gasteiger charge is -1.91. The molecule has 5 nitrogen and oxygen atoms in total. The van der Waals surface area contributed by atoms with Gasteiger partial charge in [-0.2, -0.15) is 0 Å². The normalized spacial score (nSPS) is 8.89. The molecule has 8 aromatic rings. The summed E-state index contributed by atoms with van der Waals surface area (Å²) >= 11 is 0. The van der Waals surface area contributed by atoms with Crippen LogP contribution in [0.25, 0.3) is 43.6 Å². The third kappa shape index (κ3) is 14.3. The lowest BCUT2D eigenvalue weighted by molar-refractivity contribution is 1.14. The molecule has 0 fully saturated rings. The van der Waals surface area contributed by atoms with Crippen molar-refractivity contribution in [1.29, 1.82) is 0 Å². The van der Waals surface area contributed by atoms with E-state index in [0.717, 1.165) is 28.6 Å². The van der Waals surface area contributed by atoms with Gasteiger partial charge in [0.2, 0.25) is 0 Å². The minimum atomic E-state index is 0. The van der Waals surface area contributed by atoms with Gasteiger partial charge in [-0.05, 0) is 55.1 Å². The molecule has 244 valence electrons. The molecule has 0 aliphatic carbocycles. The number of halogens is 4. The van der Waals surface area contributed by atoms with Gasteiger partial charge in [0.15, 0.2) is 0 Å². The second kappa shape index (κ2) is 24.8. The summed E-state index contributed by atoms with van der Waals surface area (Å²) in [5.41, 5.74) is 9.09. The highest BCUT2D eigenvalue weighted by Crippen LogP contribution is 2.10. The number of hydrogen-bond donors (Lipinski definition) is 1. The van der Waals surface area contributed by atoms with Crippen molar-refractivity contribution in [2.45, 2.75) is 6.92 Å². The summed E-state index contributed by atoms with van der Waals surface area (Å²) in [5.74, 6) is 0. The van der Waals surface area contributed by atoms with Crippen molar-refractivity contribution in [3.8, 4) is 0 Å². The first-order chi connectivity index (χ1) is 21.3. The second-order valence-electron chi connectivity index (χ2n) is 9.19. The van der Waals surface area contributed by atoms with Gasteiger partial charge in [0, 0.05) is 46.3 Å². The monoisotopic (exact) mass is 705 g/mol. The first-order valence-corrected chi connectivity index (χ1v) is 14.2. The zero-order chi connectivity index (χ0) is 30.0. The molecule has 0 aliphatic heterocycles. The molecule has 8 rings (SSSR count). The Bertz CT molecular complexity index is 1430. The third-order valence-electron chi connectivity index (χ3n) is 6.05. The Morgan fingerprint density at radius 3 is 0.702 bits per heavy atom. The van der Waals surface area contributed by atoms with Crippen LogP contribution in [0.5, 0.6) is 0 Å². The summed E-state index contributed by atoms with van der Waals surface area (Å²) in [6, 6.07) is 48.3. The lowest BCUT2D eigenvalue weighted by Crippen LogP contribution is -1.87. The van der Waals surface area contributed by atoms with Gasteiger partial charge < -0.3 is 5.73 Å². The first kappa shape index (κ1) is 42.6. The highest BCUT2D eigenvalue weighted by Gasteiger charge is 1.89. The smallest absolute Gasteiger partial charge is 0.0701 e. The molecule has 9 heteroatoms. The van der Waals surface area contributed by atoms with Crippen LogP contribution in [0.15, 0.2) is 170 Å². The summed E-state index contributed by atoms with van der Waals surface area (Å²) in [6.45, 7) is 2.65. The van der Waals surface area contributed by atoms with Crippen LogP contribution in [-0.2, 0) is 0 Å². The summed E-state index contributed by atoms with van der Waals surface area (Å²) in [7, 11) is 0. The molecular formula is C38H39Cl4N5. The van der Waals surface area contributed by atoms with Gasteiger partial charge in [-0.1, -0.05) is 104 Å². The molecule has 4 aromatic heterocycles. The number of rotatable bonds is 0. The second-order valence-corrected chi connectivity index (χ2v) is 9.19. The molecule has 0 aliphatic rings. The van der Waals surface area contributed by atoms with Crippen LogP contribution in [0.4, 0.5) is 0 Å². The zero-order valence-corrected chi connectivity index (χ0v) is 29.1. The number of nitrogens with zero attached hydrogens (tertiary/aromatic N) is 4. The van der Waals surface area contributed by atoms with Crippen LogP contribution in [-0.4, -0.2) is 26.5 Å². The molecule has 0 saturated carbocycles. The van der Waals surface area contributed by atoms with Crippen molar-refractivity contribution in [2.75, 3.05) is 6.54 Å². The minimum absolute atomic E-state index is 0. The SMILES string of the molecule is CCN.Cl.Cl.Cl.Cl.c1ccc2ncccc2c1.c1ccc2ncccc2c1.c1ccc2ncccc2c1.c1ccc2ncccc2c1. The average molecular weight is 708 g/mol. The Morgan fingerprint density at radius 2 is 0.511 bits per heavy atom. The molecule has 4 heterocycles. The molecule has 0 radical (unpaired) electrons. The standard InChI is InChI=1S/4C9H7N.C2H7N.4ClH/c4*1-2-6-9-8(4-1)5-3-7-10-9;1-2-3;;;;/h4*1-7H;2-3H2,1H3;4*1H. The van der Waals surface area contributed by atoms with Gasteiger partial charge in [-0.25, -0.2) is 0 Å². The number of hydrogen-bond acceptors (Lipinski definition) is 5. The number of para-hydroxylation sites is 4. The highest BCUT2D eigenvalue weighted by atomic mass is 35.5. The van der Waals surface area contributed by atoms with Crippen molar-refractivity contribution >= 4 is 93.2 Å². The fourth-order valence-corrected chi connectivity index (χ4v) is 4.06. The van der Waals surface area contributed by atoms with Crippen LogP contribution < -0.4 is 5.73 Å². The maximum Gasteiger partial charge on any atom is 0.0701 e. The minimum Gasteiger partial charge on any atom is -0.331 e. The van der Waals surface area contributed by atoms with E-state index in [4.69, 9.17) is 5.73 Å². The largest absolute Gasteiger partial charge is 0.331 e. The molecule has 0 saturated heterocycles. The van der Waals surface area contributed by atoms with Crippen LogP contribution in [0, 0.1) is 0 Å². The van der Waals surface area contributed by atoms with E-state index in [9.17, 15) is 0 Å². The van der Waals surface area contributed by atoms with Crippen LogP contribution in [0.1, 0.15) is 6.92 Å². The predicted molar refractivity (Wildman–Crippen MR) is 211 cm³/mol. The fourth-order valence-electron chi connectivity index (χ4n) is 4.06. The topological polar surface area (TPSA) is 77.6 Å². The third-order valence-corrected chi connectivity index (χ3v) is 6.05. The van der Waals surface area contributed by atoms with Gasteiger partial charge in [0.1, 0.15) is 0 Å². The van der Waals surface area contributed by atoms with E-state index in [1.807, 2.05) is 129 Å². The Balaban J connectivity index is 0.000000568. The summed E-state index contributed by atoms with van der Waals surface area (Å²) < 4.78 is 0. The summed E-state index contributed by atoms with van der Waals surface area (Å²) in [4.78, 5) is 16.7. The van der Waals surface area contributed by atoms with E-state index >= 15 is 0 Å². The molecule has 2 N–H and O–H groups in total. The van der Waals surface area contributed by atoms with Crippen molar-refractivity contribution in [3.05, 3.63) is 170 Å². The molecule has 47 heavy (non-hydrogen) atoms. The van der Waals surface area contributed by atoms with Gasteiger partial charge in [-0.3, -0.25) is 19.9 Å². The lowest BCUT2D eigenvalue weighted by atomic mass is 10.2. The maximum absolute atomic E-state index is 4.85. The zero-order valence-electron chi connectivity index (χ0n) is 25.9. The molecule has 0 unspecified atom stereocenters. The van der Waals surface area contributed by atoms with E-state index in [1.165, 1.54) is 21.5 Å². The van der Waals surface area contributed by atoms with Crippen molar-refractivity contribution in [3.63, 3.8) is 0 Å².